The predicted molar refractivity (Wildman–Crippen MR) is 112 cm³/mol. The average Bonchev–Trinajstić information content (AvgIpc) is 3.22. The van der Waals surface area contributed by atoms with E-state index in [4.69, 9.17) is 0 Å². The largest absolute Gasteiger partial charge is 0.324 e. The maximum absolute atomic E-state index is 13.4. The number of rotatable bonds is 4. The van der Waals surface area contributed by atoms with Crippen molar-refractivity contribution in [1.82, 2.24) is 15.1 Å². The lowest BCUT2D eigenvalue weighted by Gasteiger charge is -2.32. The first-order valence-electron chi connectivity index (χ1n) is 9.81. The number of amides is 3. The minimum atomic E-state index is -0.402. The van der Waals surface area contributed by atoms with Gasteiger partial charge in [0.05, 0.1) is 17.6 Å². The van der Waals surface area contributed by atoms with Gasteiger partial charge in [0.1, 0.15) is 5.82 Å². The molecule has 0 bridgehead atoms. The Kier molecular flexibility index (Phi) is 5.74. The zero-order valence-electron chi connectivity index (χ0n) is 16.3. The lowest BCUT2D eigenvalue weighted by Crippen LogP contribution is -2.41. The van der Waals surface area contributed by atoms with E-state index < -0.39 is 5.82 Å². The molecule has 0 unspecified atom stereocenters. The number of nitrogens with one attached hydrogen (secondary N) is 3. The van der Waals surface area contributed by atoms with Crippen LogP contribution in [0.2, 0.25) is 0 Å². The SMILES string of the molecule is O=C(Nc1cn[nH]c1[C@@H]1CCCN(C(=O)Nc2cccc(F)c2)C1)c1ccccc1. The molecular formula is C22H22FN5O2. The first kappa shape index (κ1) is 19.6. The Morgan fingerprint density at radius 2 is 1.93 bits per heavy atom. The fourth-order valence-electron chi connectivity index (χ4n) is 3.66. The molecular weight excluding hydrogens is 385 g/mol. The second kappa shape index (κ2) is 8.77. The van der Waals surface area contributed by atoms with E-state index in [0.717, 1.165) is 18.5 Å². The van der Waals surface area contributed by atoms with Crippen LogP contribution in [0.15, 0.2) is 60.8 Å². The second-order valence-electron chi connectivity index (χ2n) is 7.24. The first-order valence-corrected chi connectivity index (χ1v) is 9.81. The minimum Gasteiger partial charge on any atom is -0.324 e. The van der Waals surface area contributed by atoms with Gasteiger partial charge in [0.2, 0.25) is 0 Å². The van der Waals surface area contributed by atoms with E-state index in [9.17, 15) is 14.0 Å². The van der Waals surface area contributed by atoms with Crippen molar-refractivity contribution < 1.29 is 14.0 Å². The highest BCUT2D eigenvalue weighted by molar-refractivity contribution is 6.04. The fourth-order valence-corrected chi connectivity index (χ4v) is 3.66. The molecule has 0 radical (unpaired) electrons. The second-order valence-corrected chi connectivity index (χ2v) is 7.24. The Morgan fingerprint density at radius 3 is 2.73 bits per heavy atom. The summed E-state index contributed by atoms with van der Waals surface area (Å²) in [6, 6.07) is 14.5. The number of aromatic nitrogens is 2. The van der Waals surface area contributed by atoms with Crippen molar-refractivity contribution in [3.63, 3.8) is 0 Å². The Labute approximate surface area is 173 Å². The predicted octanol–water partition coefficient (Wildman–Crippen LogP) is 4.21. The molecule has 2 heterocycles. The molecule has 3 amide bonds. The van der Waals surface area contributed by atoms with Gasteiger partial charge in [-0.05, 0) is 43.2 Å². The number of hydrogen-bond acceptors (Lipinski definition) is 3. The van der Waals surface area contributed by atoms with Crippen molar-refractivity contribution >= 4 is 23.3 Å². The van der Waals surface area contributed by atoms with Crippen LogP contribution >= 0.6 is 0 Å². The third-order valence-electron chi connectivity index (χ3n) is 5.15. The van der Waals surface area contributed by atoms with Gasteiger partial charge in [0, 0.05) is 30.3 Å². The molecule has 4 rings (SSSR count). The maximum Gasteiger partial charge on any atom is 0.321 e. The summed E-state index contributed by atoms with van der Waals surface area (Å²) in [6.45, 7) is 1.08. The summed E-state index contributed by atoms with van der Waals surface area (Å²) in [5.41, 5.74) is 2.38. The molecule has 0 saturated carbocycles. The highest BCUT2D eigenvalue weighted by atomic mass is 19.1. The van der Waals surface area contributed by atoms with E-state index in [1.807, 2.05) is 6.07 Å². The lowest BCUT2D eigenvalue weighted by atomic mass is 9.94. The summed E-state index contributed by atoms with van der Waals surface area (Å²) in [5, 5.41) is 12.7. The molecule has 3 N–H and O–H groups in total. The molecule has 1 fully saturated rings. The number of urea groups is 1. The molecule has 1 saturated heterocycles. The van der Waals surface area contributed by atoms with Gasteiger partial charge >= 0.3 is 6.03 Å². The van der Waals surface area contributed by atoms with E-state index >= 15 is 0 Å². The number of nitrogens with zero attached hydrogens (tertiary/aromatic N) is 2. The number of carbonyl (C=O) groups is 2. The van der Waals surface area contributed by atoms with Gasteiger partial charge in [-0.3, -0.25) is 9.89 Å². The van der Waals surface area contributed by atoms with Crippen LogP contribution in [0.3, 0.4) is 0 Å². The fraction of sp³-hybridized carbons (Fsp3) is 0.227. The number of benzene rings is 2. The van der Waals surface area contributed by atoms with Crippen LogP contribution in [0.25, 0.3) is 0 Å². The van der Waals surface area contributed by atoms with Crippen LogP contribution in [0.4, 0.5) is 20.6 Å². The van der Waals surface area contributed by atoms with Crippen molar-refractivity contribution in [2.45, 2.75) is 18.8 Å². The third-order valence-corrected chi connectivity index (χ3v) is 5.15. The zero-order chi connectivity index (χ0) is 20.9. The number of hydrogen-bond donors (Lipinski definition) is 3. The highest BCUT2D eigenvalue weighted by Gasteiger charge is 2.28. The van der Waals surface area contributed by atoms with E-state index in [1.165, 1.54) is 12.1 Å². The summed E-state index contributed by atoms with van der Waals surface area (Å²) in [7, 11) is 0. The molecule has 0 aliphatic carbocycles. The highest BCUT2D eigenvalue weighted by Crippen LogP contribution is 2.31. The number of likely N-dealkylation sites (tertiary alicyclic amines) is 1. The lowest BCUT2D eigenvalue weighted by molar-refractivity contribution is 0.102. The van der Waals surface area contributed by atoms with Crippen LogP contribution in [0.5, 0.6) is 0 Å². The summed E-state index contributed by atoms with van der Waals surface area (Å²) in [4.78, 5) is 26.8. The topological polar surface area (TPSA) is 90.1 Å². The Hall–Kier alpha value is -3.68. The number of H-pyrrole nitrogens is 1. The molecule has 1 aliphatic rings. The minimum absolute atomic E-state index is 0.00517. The molecule has 154 valence electrons. The van der Waals surface area contributed by atoms with Crippen molar-refractivity contribution in [3.8, 4) is 0 Å². The Balaban J connectivity index is 1.43. The third kappa shape index (κ3) is 4.48. The van der Waals surface area contributed by atoms with Gasteiger partial charge in [-0.2, -0.15) is 5.10 Å². The Morgan fingerprint density at radius 1 is 1.10 bits per heavy atom. The van der Waals surface area contributed by atoms with Crippen molar-refractivity contribution in [1.29, 1.82) is 0 Å². The van der Waals surface area contributed by atoms with Crippen LogP contribution in [-0.4, -0.2) is 40.1 Å². The molecule has 8 heteroatoms. The quantitative estimate of drug-likeness (QED) is 0.605. The van der Waals surface area contributed by atoms with Gasteiger partial charge in [-0.1, -0.05) is 24.3 Å². The summed E-state index contributed by atoms with van der Waals surface area (Å²) < 4.78 is 13.4. The van der Waals surface area contributed by atoms with Gasteiger partial charge in [-0.25, -0.2) is 9.18 Å². The van der Waals surface area contributed by atoms with Gasteiger partial charge in [0.25, 0.3) is 5.91 Å². The van der Waals surface area contributed by atoms with Crippen molar-refractivity contribution in [2.24, 2.45) is 0 Å². The number of halogens is 1. The molecule has 1 aromatic heterocycles. The summed E-state index contributed by atoms with van der Waals surface area (Å²) >= 11 is 0. The maximum atomic E-state index is 13.4. The molecule has 3 aromatic rings. The van der Waals surface area contributed by atoms with E-state index in [1.54, 1.807) is 47.5 Å². The van der Waals surface area contributed by atoms with E-state index in [2.05, 4.69) is 20.8 Å². The van der Waals surface area contributed by atoms with Crippen LogP contribution in [0.1, 0.15) is 34.8 Å². The van der Waals surface area contributed by atoms with E-state index in [0.29, 0.717) is 30.0 Å². The summed E-state index contributed by atoms with van der Waals surface area (Å²) in [5.74, 6) is -0.610. The Bertz CT molecular complexity index is 1040. The molecule has 30 heavy (non-hydrogen) atoms. The number of aromatic amines is 1. The molecule has 2 aromatic carbocycles. The number of piperidine rings is 1. The average molecular weight is 407 g/mol. The first-order chi connectivity index (χ1) is 14.6. The molecule has 7 nitrogen and oxygen atoms in total. The molecule has 0 spiro atoms. The normalized spacial score (nSPS) is 16.2. The smallest absolute Gasteiger partial charge is 0.321 e. The van der Waals surface area contributed by atoms with Gasteiger partial charge in [-0.15, -0.1) is 0 Å². The standard InChI is InChI=1S/C22H22FN5O2/c23-17-9-4-10-18(12-17)25-22(30)28-11-5-8-16(14-28)20-19(13-24-27-20)26-21(29)15-6-2-1-3-7-15/h1-4,6-7,9-10,12-13,16H,5,8,11,14H2,(H,24,27)(H,25,30)(H,26,29)/t16-/m1/s1. The molecule has 1 aliphatic heterocycles. The van der Waals surface area contributed by atoms with Crippen molar-refractivity contribution in [3.05, 3.63) is 77.9 Å². The number of anilines is 2. The van der Waals surface area contributed by atoms with Crippen LogP contribution in [0, 0.1) is 5.82 Å². The van der Waals surface area contributed by atoms with Crippen LogP contribution in [-0.2, 0) is 0 Å². The molecule has 1 atom stereocenters. The van der Waals surface area contributed by atoms with Gasteiger partial charge in [0.15, 0.2) is 0 Å². The zero-order valence-corrected chi connectivity index (χ0v) is 16.3. The van der Waals surface area contributed by atoms with Crippen LogP contribution < -0.4 is 10.6 Å². The van der Waals surface area contributed by atoms with Gasteiger partial charge < -0.3 is 15.5 Å². The van der Waals surface area contributed by atoms with E-state index in [-0.39, 0.29) is 17.9 Å². The van der Waals surface area contributed by atoms with Crippen molar-refractivity contribution in [2.75, 3.05) is 23.7 Å². The number of carbonyl (C=O) groups excluding carboxylic acids is 2. The summed E-state index contributed by atoms with van der Waals surface area (Å²) in [6.07, 6.45) is 3.26. The monoisotopic (exact) mass is 407 g/mol.